The Labute approximate surface area is 310 Å². The molecular weight excluding hydrogens is 683 g/mol. The molecule has 0 unspecified atom stereocenters. The monoisotopic (exact) mass is 730 g/mol. The number of carbonyl (C=O) groups is 2. The van der Waals surface area contributed by atoms with E-state index in [2.05, 4.69) is 77.5 Å². The molecule has 0 amide bonds. The second kappa shape index (κ2) is 16.7. The smallest absolute Gasteiger partial charge is 0.545 e. The van der Waals surface area contributed by atoms with Gasteiger partial charge in [-0.05, 0) is 132 Å². The molecule has 9 heteroatoms. The third-order valence-electron chi connectivity index (χ3n) is 10.1. The van der Waals surface area contributed by atoms with Crippen LogP contribution in [0.25, 0.3) is 56.5 Å². The van der Waals surface area contributed by atoms with Gasteiger partial charge in [-0.25, -0.2) is 9.97 Å². The van der Waals surface area contributed by atoms with Crippen molar-refractivity contribution in [3.63, 3.8) is 0 Å². The van der Waals surface area contributed by atoms with Crippen molar-refractivity contribution in [2.45, 2.75) is 107 Å². The van der Waals surface area contributed by atoms with Crippen molar-refractivity contribution in [3.8, 4) is 0 Å². The molecule has 0 aliphatic carbocycles. The standard InChI is InChI=1S/C42H50N4O4.Ni/c1-9-23-24(10-2)34-22-36-26(12-4)28(14-6)40(45-36)32(18-20-38(49)50)42-30(16-8)29(15-7)41(46-42)31(17-19-37(47)48)39-27(13-5)25(11-3)35(44-39)21-33(23)43-34;/h17-22,43-44H,9-16H2,1-8H3,(H,47,48)(H,49,50);/q;+2/p-2/b19-17+,20-18+,33-21?,34-22?,35-21?,36-22?,39-31?,40-32?,41-31?,42-32?;. The molecule has 0 aromatic carbocycles. The summed E-state index contributed by atoms with van der Waals surface area (Å²) in [5.74, 6) is -2.61. The van der Waals surface area contributed by atoms with Crippen molar-refractivity contribution in [1.82, 2.24) is 19.9 Å². The molecule has 51 heavy (non-hydrogen) atoms. The molecule has 2 N–H and O–H groups in total. The van der Waals surface area contributed by atoms with Gasteiger partial charge in [0.05, 0.1) is 40.2 Å². The first-order valence-electron chi connectivity index (χ1n) is 18.2. The summed E-state index contributed by atoms with van der Waals surface area (Å²) in [6.07, 6.45) is 11.1. The zero-order chi connectivity index (χ0) is 36.3. The quantitative estimate of drug-likeness (QED) is 0.146. The molecule has 0 saturated heterocycles. The molecule has 3 aromatic rings. The maximum Gasteiger partial charge on any atom is 2.00 e. The van der Waals surface area contributed by atoms with Crippen LogP contribution in [0.5, 0.6) is 0 Å². The third-order valence-corrected chi connectivity index (χ3v) is 10.1. The number of allylic oxidation sites excluding steroid dienone is 4. The van der Waals surface area contributed by atoms with Crippen LogP contribution in [0.1, 0.15) is 137 Å². The molecular formula is C42H48N4NiO4. The van der Waals surface area contributed by atoms with E-state index in [1.807, 2.05) is 0 Å². The fraction of sp³-hybridized carbons (Fsp3) is 0.381. The van der Waals surface area contributed by atoms with Gasteiger partial charge in [-0.1, -0.05) is 55.4 Å². The molecule has 0 spiro atoms. The van der Waals surface area contributed by atoms with Gasteiger partial charge in [0.15, 0.2) is 0 Å². The Morgan fingerprint density at radius 3 is 1.45 bits per heavy atom. The van der Waals surface area contributed by atoms with Gasteiger partial charge in [0.1, 0.15) is 0 Å². The van der Waals surface area contributed by atoms with Gasteiger partial charge in [-0.15, -0.1) is 0 Å². The van der Waals surface area contributed by atoms with Crippen LogP contribution in [0.2, 0.25) is 0 Å². The molecule has 5 heterocycles. The number of hydrogen-bond donors (Lipinski definition) is 2. The molecule has 8 bridgehead atoms. The summed E-state index contributed by atoms with van der Waals surface area (Å²) in [5, 5.41) is 23.8. The molecule has 2 aliphatic rings. The largest absolute Gasteiger partial charge is 2.00 e. The van der Waals surface area contributed by atoms with Gasteiger partial charge in [0.2, 0.25) is 0 Å². The van der Waals surface area contributed by atoms with E-state index in [4.69, 9.17) is 9.97 Å². The molecule has 2 aliphatic heterocycles. The van der Waals surface area contributed by atoms with Crippen LogP contribution in [0.4, 0.5) is 0 Å². The van der Waals surface area contributed by atoms with Gasteiger partial charge < -0.3 is 29.8 Å². The Morgan fingerprint density at radius 1 is 0.549 bits per heavy atom. The summed E-state index contributed by atoms with van der Waals surface area (Å²) in [6, 6.07) is 4.35. The zero-order valence-corrected chi connectivity index (χ0v) is 32.0. The SMILES string of the molecule is CCC1=C(CC)c2nc1cc1[nH]c(cc3[nH]c(c(/C=C/C(=O)[O-])c4nc(c2/C=C/C(=O)[O-])C(CC)=C4CC)c(CC)c3CC)c(CC)c1CC.[Ni+2]. The Balaban J connectivity index is 0.00000583. The van der Waals surface area contributed by atoms with E-state index in [1.165, 1.54) is 16.7 Å². The van der Waals surface area contributed by atoms with Crippen molar-refractivity contribution < 1.29 is 36.3 Å². The van der Waals surface area contributed by atoms with Gasteiger partial charge in [0, 0.05) is 27.7 Å². The molecule has 270 valence electrons. The summed E-state index contributed by atoms with van der Waals surface area (Å²) in [7, 11) is 0. The van der Waals surface area contributed by atoms with Crippen molar-refractivity contribution in [3.05, 3.63) is 80.4 Å². The van der Waals surface area contributed by atoms with Crippen LogP contribution in [0.3, 0.4) is 0 Å². The first kappa shape index (κ1) is 39.3. The summed E-state index contributed by atoms with van der Waals surface area (Å²) in [6.45, 7) is 16.9. The minimum absolute atomic E-state index is 0. The molecule has 0 radical (unpaired) electrons. The van der Waals surface area contributed by atoms with E-state index in [-0.39, 0.29) is 16.5 Å². The molecule has 5 rings (SSSR count). The second-order valence-electron chi connectivity index (χ2n) is 12.6. The molecule has 0 fully saturated rings. The van der Waals surface area contributed by atoms with Crippen molar-refractivity contribution >= 4 is 68.4 Å². The first-order chi connectivity index (χ1) is 24.1. The van der Waals surface area contributed by atoms with E-state index < -0.39 is 11.9 Å². The van der Waals surface area contributed by atoms with Crippen molar-refractivity contribution in [2.75, 3.05) is 0 Å². The predicted molar refractivity (Wildman–Crippen MR) is 201 cm³/mol. The van der Waals surface area contributed by atoms with Crippen LogP contribution in [0.15, 0.2) is 24.3 Å². The number of aliphatic carboxylic acids is 2. The fourth-order valence-corrected chi connectivity index (χ4v) is 7.97. The number of hydrogen-bond acceptors (Lipinski definition) is 6. The van der Waals surface area contributed by atoms with E-state index in [0.717, 1.165) is 99.9 Å². The molecule has 0 saturated carbocycles. The topological polar surface area (TPSA) is 138 Å². The van der Waals surface area contributed by atoms with Crippen LogP contribution < -0.4 is 10.2 Å². The number of nitrogens with zero attached hydrogens (tertiary/aromatic N) is 2. The van der Waals surface area contributed by atoms with E-state index >= 15 is 0 Å². The van der Waals surface area contributed by atoms with Gasteiger partial charge >= 0.3 is 16.5 Å². The first-order valence-corrected chi connectivity index (χ1v) is 18.2. The maximum absolute atomic E-state index is 11.9. The average molecular weight is 732 g/mol. The minimum atomic E-state index is -1.31. The third kappa shape index (κ3) is 7.19. The zero-order valence-electron chi connectivity index (χ0n) is 31.0. The Kier molecular flexibility index (Phi) is 12.9. The van der Waals surface area contributed by atoms with E-state index in [1.54, 1.807) is 12.2 Å². The van der Waals surface area contributed by atoms with Crippen molar-refractivity contribution in [2.24, 2.45) is 0 Å². The van der Waals surface area contributed by atoms with Crippen molar-refractivity contribution in [1.29, 1.82) is 0 Å². The number of fused-ring (bicyclic) bond motifs is 8. The Hall–Kier alpha value is -4.49. The number of carboxylic acids is 2. The summed E-state index contributed by atoms with van der Waals surface area (Å²) >= 11 is 0. The fourth-order valence-electron chi connectivity index (χ4n) is 7.97. The van der Waals surface area contributed by atoms with E-state index in [0.29, 0.717) is 47.5 Å². The predicted octanol–water partition coefficient (Wildman–Crippen LogP) is 7.55. The summed E-state index contributed by atoms with van der Waals surface area (Å²) in [4.78, 5) is 41.9. The van der Waals surface area contributed by atoms with E-state index in [9.17, 15) is 19.8 Å². The van der Waals surface area contributed by atoms with Gasteiger partial charge in [-0.3, -0.25) is 0 Å². The van der Waals surface area contributed by atoms with Gasteiger partial charge in [0.25, 0.3) is 0 Å². The maximum atomic E-state index is 11.9. The molecule has 3 aromatic heterocycles. The Bertz CT molecular complexity index is 2160. The molecule has 8 nitrogen and oxygen atoms in total. The molecule has 0 atom stereocenters. The number of rotatable bonds is 12. The van der Waals surface area contributed by atoms with Crippen LogP contribution in [0, 0.1) is 0 Å². The second-order valence-corrected chi connectivity index (χ2v) is 12.6. The summed E-state index contributed by atoms with van der Waals surface area (Å²) < 4.78 is 0. The number of aryl methyl sites for hydroxylation is 4. The average Bonchev–Trinajstić information content (AvgIpc) is 3.84. The van der Waals surface area contributed by atoms with Gasteiger partial charge in [-0.2, -0.15) is 0 Å². The van der Waals surface area contributed by atoms with Crippen LogP contribution in [-0.4, -0.2) is 31.9 Å². The normalized spacial score (nSPS) is 13.2. The number of aromatic amines is 2. The van der Waals surface area contributed by atoms with Crippen LogP contribution in [-0.2, 0) is 51.8 Å². The number of H-pyrrole nitrogens is 2. The Morgan fingerprint density at radius 2 is 0.961 bits per heavy atom. The van der Waals surface area contributed by atoms with Crippen LogP contribution >= 0.6 is 0 Å². The minimum Gasteiger partial charge on any atom is -0.545 e. The number of carbonyl (C=O) groups excluding carboxylic acids is 2. The number of carboxylic acid groups (broad SMARTS) is 2. The number of nitrogens with one attached hydrogen (secondary N) is 2. The summed E-state index contributed by atoms with van der Waals surface area (Å²) in [5.41, 5.74) is 16.8. The number of aromatic nitrogens is 4.